The summed E-state index contributed by atoms with van der Waals surface area (Å²) in [5.74, 6) is 0.0319. The van der Waals surface area contributed by atoms with Crippen LogP contribution in [-0.4, -0.2) is 41.7 Å². The van der Waals surface area contributed by atoms with Gasteiger partial charge in [-0.2, -0.15) is 0 Å². The molecule has 3 rings (SSSR count). The van der Waals surface area contributed by atoms with Crippen LogP contribution in [0.5, 0.6) is 0 Å². The smallest absolute Gasteiger partial charge is 0.234 e. The second kappa shape index (κ2) is 9.15. The van der Waals surface area contributed by atoms with Crippen LogP contribution < -0.4 is 5.32 Å². The van der Waals surface area contributed by atoms with Crippen LogP contribution in [0.3, 0.4) is 0 Å². The highest BCUT2D eigenvalue weighted by molar-refractivity contribution is 5.87. The summed E-state index contributed by atoms with van der Waals surface area (Å²) in [6, 6.07) is 14.9. The summed E-state index contributed by atoms with van der Waals surface area (Å²) in [6.07, 6.45) is 5.99. The molecule has 1 fully saturated rings. The van der Waals surface area contributed by atoms with Crippen LogP contribution >= 0.6 is 0 Å². The van der Waals surface area contributed by atoms with Crippen LogP contribution in [0.15, 0.2) is 42.5 Å². The van der Waals surface area contributed by atoms with E-state index in [9.17, 15) is 9.90 Å². The molecule has 1 atom stereocenters. The minimum Gasteiger partial charge on any atom is -0.395 e. The zero-order valence-corrected chi connectivity index (χ0v) is 15.7. The first-order chi connectivity index (χ1) is 12.7. The Morgan fingerprint density at radius 3 is 2.65 bits per heavy atom. The van der Waals surface area contributed by atoms with Gasteiger partial charge >= 0.3 is 0 Å². The summed E-state index contributed by atoms with van der Waals surface area (Å²) >= 11 is 0. The van der Waals surface area contributed by atoms with Crippen molar-refractivity contribution in [3.8, 4) is 0 Å². The molecule has 4 heteroatoms. The molecule has 2 N–H and O–H groups in total. The van der Waals surface area contributed by atoms with Crippen LogP contribution in [0.2, 0.25) is 0 Å². The van der Waals surface area contributed by atoms with Gasteiger partial charge in [0.2, 0.25) is 5.91 Å². The van der Waals surface area contributed by atoms with Crippen LogP contribution in [0.1, 0.15) is 50.6 Å². The first-order valence-electron chi connectivity index (χ1n) is 9.81. The first-order valence-corrected chi connectivity index (χ1v) is 9.81. The van der Waals surface area contributed by atoms with Gasteiger partial charge in [-0.3, -0.25) is 9.69 Å². The van der Waals surface area contributed by atoms with Crippen LogP contribution in [0.25, 0.3) is 10.8 Å². The van der Waals surface area contributed by atoms with E-state index >= 15 is 0 Å². The zero-order chi connectivity index (χ0) is 18.4. The van der Waals surface area contributed by atoms with E-state index in [1.807, 2.05) is 25.1 Å². The third-order valence-corrected chi connectivity index (χ3v) is 5.49. The maximum Gasteiger partial charge on any atom is 0.234 e. The van der Waals surface area contributed by atoms with Gasteiger partial charge in [0, 0.05) is 12.6 Å². The number of nitrogens with zero attached hydrogens (tertiary/aromatic N) is 1. The van der Waals surface area contributed by atoms with E-state index in [1.165, 1.54) is 30.0 Å². The average molecular weight is 354 g/mol. The van der Waals surface area contributed by atoms with Crippen molar-refractivity contribution < 1.29 is 9.90 Å². The van der Waals surface area contributed by atoms with Crippen LogP contribution in [0, 0.1) is 0 Å². The minimum absolute atomic E-state index is 0.0319. The molecule has 1 amide bonds. The van der Waals surface area contributed by atoms with Gasteiger partial charge in [-0.05, 0) is 36.1 Å². The molecule has 2 aromatic carbocycles. The quantitative estimate of drug-likeness (QED) is 0.798. The van der Waals surface area contributed by atoms with Crippen molar-refractivity contribution in [3.05, 3.63) is 48.0 Å². The third kappa shape index (κ3) is 4.63. The van der Waals surface area contributed by atoms with Gasteiger partial charge in [0.1, 0.15) is 0 Å². The SMILES string of the molecule is CC(NC(=O)CN(CCO)C1CCCCC1)c1cccc2ccccc12. The van der Waals surface area contributed by atoms with Crippen LogP contribution in [-0.2, 0) is 4.79 Å². The first kappa shape index (κ1) is 18.9. The number of carbonyl (C=O) groups excluding carboxylic acids is 1. The van der Waals surface area contributed by atoms with Crippen molar-refractivity contribution in [2.45, 2.75) is 51.1 Å². The predicted molar refractivity (Wildman–Crippen MR) is 106 cm³/mol. The van der Waals surface area contributed by atoms with Gasteiger partial charge in [0.25, 0.3) is 0 Å². The Morgan fingerprint density at radius 2 is 1.88 bits per heavy atom. The largest absolute Gasteiger partial charge is 0.395 e. The second-order valence-electron chi connectivity index (χ2n) is 7.34. The second-order valence-corrected chi connectivity index (χ2v) is 7.34. The monoisotopic (exact) mass is 354 g/mol. The number of benzene rings is 2. The third-order valence-electron chi connectivity index (χ3n) is 5.49. The highest BCUT2D eigenvalue weighted by Gasteiger charge is 2.23. The van der Waals surface area contributed by atoms with Gasteiger partial charge in [-0.25, -0.2) is 0 Å². The number of nitrogens with one attached hydrogen (secondary N) is 1. The molecule has 1 saturated carbocycles. The van der Waals surface area contributed by atoms with Crippen molar-refractivity contribution in [2.24, 2.45) is 0 Å². The Bertz CT molecular complexity index is 720. The van der Waals surface area contributed by atoms with Crippen molar-refractivity contribution >= 4 is 16.7 Å². The number of carbonyl (C=O) groups is 1. The van der Waals surface area contributed by atoms with E-state index in [4.69, 9.17) is 0 Å². The Kier molecular flexibility index (Phi) is 6.64. The highest BCUT2D eigenvalue weighted by atomic mass is 16.3. The highest BCUT2D eigenvalue weighted by Crippen LogP contribution is 2.25. The zero-order valence-electron chi connectivity index (χ0n) is 15.7. The molecular weight excluding hydrogens is 324 g/mol. The van der Waals surface area contributed by atoms with Crippen molar-refractivity contribution in [3.63, 3.8) is 0 Å². The fourth-order valence-corrected chi connectivity index (χ4v) is 4.14. The van der Waals surface area contributed by atoms with Gasteiger partial charge in [0.15, 0.2) is 0 Å². The molecular formula is C22H30N2O2. The van der Waals surface area contributed by atoms with Crippen molar-refractivity contribution in [2.75, 3.05) is 19.7 Å². The molecule has 0 saturated heterocycles. The lowest BCUT2D eigenvalue weighted by Crippen LogP contribution is -2.45. The van der Waals surface area contributed by atoms with Gasteiger partial charge < -0.3 is 10.4 Å². The standard InChI is InChI=1S/C22H30N2O2/c1-17(20-13-7-9-18-8-5-6-12-21(18)20)23-22(26)16-24(14-15-25)19-10-3-2-4-11-19/h5-9,12-13,17,19,25H,2-4,10-11,14-16H2,1H3,(H,23,26). The maximum absolute atomic E-state index is 12.7. The Labute approximate surface area is 156 Å². The molecule has 1 aliphatic carbocycles. The summed E-state index contributed by atoms with van der Waals surface area (Å²) < 4.78 is 0. The van der Waals surface area contributed by atoms with Crippen molar-refractivity contribution in [1.29, 1.82) is 0 Å². The molecule has 0 aliphatic heterocycles. The summed E-state index contributed by atoms with van der Waals surface area (Å²) in [7, 11) is 0. The topological polar surface area (TPSA) is 52.6 Å². The number of hydrogen-bond donors (Lipinski definition) is 2. The lowest BCUT2D eigenvalue weighted by molar-refractivity contribution is -0.123. The van der Waals surface area contributed by atoms with Crippen LogP contribution in [0.4, 0.5) is 0 Å². The molecule has 0 heterocycles. The number of aliphatic hydroxyl groups excluding tert-OH is 1. The summed E-state index contributed by atoms with van der Waals surface area (Å²) in [5, 5.41) is 14.9. The van der Waals surface area contributed by atoms with Gasteiger partial charge in [-0.15, -0.1) is 0 Å². The van der Waals surface area contributed by atoms with Gasteiger partial charge in [-0.1, -0.05) is 61.7 Å². The van der Waals surface area contributed by atoms with E-state index in [2.05, 4.69) is 34.5 Å². The minimum atomic E-state index is -0.0454. The Balaban J connectivity index is 1.65. The van der Waals surface area contributed by atoms with Gasteiger partial charge in [0.05, 0.1) is 19.2 Å². The molecule has 1 unspecified atom stereocenters. The number of hydrogen-bond acceptors (Lipinski definition) is 3. The molecule has 0 radical (unpaired) electrons. The molecule has 1 aliphatic rings. The lowest BCUT2D eigenvalue weighted by atomic mass is 9.94. The number of fused-ring (bicyclic) bond motifs is 1. The molecule has 0 bridgehead atoms. The van der Waals surface area contributed by atoms with E-state index in [0.29, 0.717) is 19.1 Å². The fourth-order valence-electron chi connectivity index (χ4n) is 4.14. The summed E-state index contributed by atoms with van der Waals surface area (Å²) in [4.78, 5) is 14.8. The maximum atomic E-state index is 12.7. The number of amides is 1. The molecule has 0 aromatic heterocycles. The fraction of sp³-hybridized carbons (Fsp3) is 0.500. The molecule has 2 aromatic rings. The van der Waals surface area contributed by atoms with E-state index in [0.717, 1.165) is 18.4 Å². The normalized spacial score (nSPS) is 16.7. The van der Waals surface area contributed by atoms with Crippen molar-refractivity contribution in [1.82, 2.24) is 10.2 Å². The number of aliphatic hydroxyl groups is 1. The predicted octanol–water partition coefficient (Wildman–Crippen LogP) is 3.64. The number of rotatable bonds is 7. The Hall–Kier alpha value is -1.91. The van der Waals surface area contributed by atoms with E-state index < -0.39 is 0 Å². The summed E-state index contributed by atoms with van der Waals surface area (Å²) in [6.45, 7) is 3.07. The molecule has 140 valence electrons. The Morgan fingerprint density at radius 1 is 1.15 bits per heavy atom. The molecule has 26 heavy (non-hydrogen) atoms. The summed E-state index contributed by atoms with van der Waals surface area (Å²) in [5.41, 5.74) is 1.14. The van der Waals surface area contributed by atoms with E-state index in [-0.39, 0.29) is 18.6 Å². The average Bonchev–Trinajstić information content (AvgIpc) is 2.67. The van der Waals surface area contributed by atoms with E-state index in [1.54, 1.807) is 0 Å². The lowest BCUT2D eigenvalue weighted by Gasteiger charge is -2.33. The molecule has 0 spiro atoms. The molecule has 4 nitrogen and oxygen atoms in total.